The SMILES string of the molecule is CCCO[P@@](CP)C(C)C. The zero-order valence-corrected chi connectivity index (χ0v) is 9.18. The van der Waals surface area contributed by atoms with Crippen LogP contribution in [-0.2, 0) is 4.52 Å². The van der Waals surface area contributed by atoms with Crippen LogP contribution >= 0.6 is 17.4 Å². The zero-order chi connectivity index (χ0) is 7.98. The molecule has 0 bridgehead atoms. The van der Waals surface area contributed by atoms with E-state index in [4.69, 9.17) is 4.52 Å². The van der Waals surface area contributed by atoms with Crippen molar-refractivity contribution in [3.8, 4) is 0 Å². The fourth-order valence-corrected chi connectivity index (χ4v) is 3.44. The van der Waals surface area contributed by atoms with Crippen molar-refractivity contribution < 1.29 is 4.52 Å². The van der Waals surface area contributed by atoms with Gasteiger partial charge in [0.15, 0.2) is 0 Å². The lowest BCUT2D eigenvalue weighted by Crippen LogP contribution is -1.98. The molecule has 0 fully saturated rings. The van der Waals surface area contributed by atoms with E-state index in [0.717, 1.165) is 18.9 Å². The van der Waals surface area contributed by atoms with E-state index < -0.39 is 0 Å². The first-order chi connectivity index (χ1) is 4.72. The summed E-state index contributed by atoms with van der Waals surface area (Å²) in [4.78, 5) is 0. The maximum atomic E-state index is 5.65. The fourth-order valence-electron chi connectivity index (χ4n) is 0.621. The number of hydrogen-bond donors (Lipinski definition) is 0. The molecule has 62 valence electrons. The van der Waals surface area contributed by atoms with Gasteiger partial charge in [-0.05, 0) is 12.1 Å². The normalized spacial score (nSPS) is 14.1. The van der Waals surface area contributed by atoms with Crippen LogP contribution in [0.25, 0.3) is 0 Å². The van der Waals surface area contributed by atoms with Crippen LogP contribution in [0.1, 0.15) is 27.2 Å². The van der Waals surface area contributed by atoms with Gasteiger partial charge in [0.25, 0.3) is 0 Å². The van der Waals surface area contributed by atoms with Crippen molar-refractivity contribution in [3.63, 3.8) is 0 Å². The summed E-state index contributed by atoms with van der Waals surface area (Å²) in [6, 6.07) is 0. The highest BCUT2D eigenvalue weighted by Gasteiger charge is 2.09. The van der Waals surface area contributed by atoms with E-state index in [1.807, 2.05) is 0 Å². The summed E-state index contributed by atoms with van der Waals surface area (Å²) in [5.74, 6) is 1.12. The molecular weight excluding hydrogens is 162 g/mol. The van der Waals surface area contributed by atoms with E-state index in [1.165, 1.54) is 0 Å². The zero-order valence-electron chi connectivity index (χ0n) is 7.13. The molecule has 0 aromatic carbocycles. The predicted octanol–water partition coefficient (Wildman–Crippen LogP) is 3.05. The summed E-state index contributed by atoms with van der Waals surface area (Å²) < 4.78 is 5.65. The molecule has 0 aromatic rings. The second-order valence-corrected chi connectivity index (χ2v) is 6.11. The van der Waals surface area contributed by atoms with Crippen molar-refractivity contribution in [2.24, 2.45) is 0 Å². The summed E-state index contributed by atoms with van der Waals surface area (Å²) >= 11 is 0. The maximum Gasteiger partial charge on any atom is 0.0506 e. The second kappa shape index (κ2) is 6.53. The minimum Gasteiger partial charge on any atom is -0.359 e. The third-order valence-corrected chi connectivity index (χ3v) is 4.32. The van der Waals surface area contributed by atoms with E-state index >= 15 is 0 Å². The standard InChI is InChI=1S/C7H18OP2/c1-4-5-8-10(6-9)7(2)3/h7H,4-6,9H2,1-3H3/t10-/m0/s1. The molecule has 0 heterocycles. The molecule has 0 aliphatic rings. The third kappa shape index (κ3) is 4.61. The summed E-state index contributed by atoms with van der Waals surface area (Å²) in [6.07, 6.45) is 1.14. The van der Waals surface area contributed by atoms with Crippen molar-refractivity contribution in [1.29, 1.82) is 0 Å². The van der Waals surface area contributed by atoms with Crippen LogP contribution in [0.2, 0.25) is 0 Å². The topological polar surface area (TPSA) is 9.23 Å². The highest BCUT2D eigenvalue weighted by atomic mass is 31.2. The molecule has 3 heteroatoms. The predicted molar refractivity (Wildman–Crippen MR) is 52.9 cm³/mol. The lowest BCUT2D eigenvalue weighted by molar-refractivity contribution is 0.350. The van der Waals surface area contributed by atoms with Crippen LogP contribution in [0.5, 0.6) is 0 Å². The van der Waals surface area contributed by atoms with Crippen LogP contribution in [0.15, 0.2) is 0 Å². The lowest BCUT2D eigenvalue weighted by Gasteiger charge is -2.18. The molecular formula is C7H18OP2. The lowest BCUT2D eigenvalue weighted by atomic mass is 10.5. The summed E-state index contributed by atoms with van der Waals surface area (Å²) in [5.41, 5.74) is 0.707. The summed E-state index contributed by atoms with van der Waals surface area (Å²) in [5, 5.41) is 0. The van der Waals surface area contributed by atoms with Crippen LogP contribution in [0.3, 0.4) is 0 Å². The van der Waals surface area contributed by atoms with Crippen molar-refractivity contribution >= 4 is 17.4 Å². The summed E-state index contributed by atoms with van der Waals surface area (Å²) in [7, 11) is 2.60. The summed E-state index contributed by atoms with van der Waals surface area (Å²) in [6.45, 7) is 7.53. The first-order valence-electron chi connectivity index (χ1n) is 3.82. The van der Waals surface area contributed by atoms with Crippen molar-refractivity contribution in [2.75, 3.05) is 12.5 Å². The van der Waals surface area contributed by atoms with Gasteiger partial charge in [-0.2, -0.15) is 0 Å². The first-order valence-corrected chi connectivity index (χ1v) is 6.15. The molecule has 10 heavy (non-hydrogen) atoms. The fraction of sp³-hybridized carbons (Fsp3) is 1.00. The van der Waals surface area contributed by atoms with E-state index in [1.54, 1.807) is 0 Å². The van der Waals surface area contributed by atoms with Crippen molar-refractivity contribution in [2.45, 2.75) is 32.9 Å². The minimum absolute atomic E-state index is 0.160. The Labute approximate surface area is 68.0 Å². The molecule has 0 saturated heterocycles. The van der Waals surface area contributed by atoms with E-state index in [-0.39, 0.29) is 8.15 Å². The Balaban J connectivity index is 3.40. The molecule has 1 unspecified atom stereocenters. The molecule has 0 rings (SSSR count). The molecule has 2 atom stereocenters. The highest BCUT2D eigenvalue weighted by Crippen LogP contribution is 2.43. The quantitative estimate of drug-likeness (QED) is 0.591. The van der Waals surface area contributed by atoms with Gasteiger partial charge in [-0.15, -0.1) is 9.24 Å². The van der Waals surface area contributed by atoms with Gasteiger partial charge < -0.3 is 4.52 Å². The third-order valence-electron chi connectivity index (χ3n) is 1.22. The molecule has 0 N–H and O–H groups in total. The minimum atomic E-state index is -0.160. The van der Waals surface area contributed by atoms with Crippen LogP contribution < -0.4 is 0 Å². The van der Waals surface area contributed by atoms with Gasteiger partial charge in [0.1, 0.15) is 0 Å². The molecule has 0 aliphatic carbocycles. The van der Waals surface area contributed by atoms with Gasteiger partial charge in [-0.1, -0.05) is 20.8 Å². The van der Waals surface area contributed by atoms with E-state index in [2.05, 4.69) is 30.0 Å². The monoisotopic (exact) mass is 180 g/mol. The maximum absolute atomic E-state index is 5.65. The van der Waals surface area contributed by atoms with Gasteiger partial charge in [-0.3, -0.25) is 0 Å². The Hall–Kier alpha value is 0.820. The van der Waals surface area contributed by atoms with E-state index in [0.29, 0.717) is 5.66 Å². The molecule has 0 aromatic heterocycles. The Bertz CT molecular complexity index is 76.0. The average Bonchev–Trinajstić information content (AvgIpc) is 1.89. The largest absolute Gasteiger partial charge is 0.359 e. The van der Waals surface area contributed by atoms with E-state index in [9.17, 15) is 0 Å². The molecule has 0 saturated carbocycles. The van der Waals surface area contributed by atoms with Crippen molar-refractivity contribution in [1.82, 2.24) is 0 Å². The van der Waals surface area contributed by atoms with Gasteiger partial charge in [0.2, 0.25) is 0 Å². The Morgan fingerprint density at radius 3 is 2.40 bits per heavy atom. The Morgan fingerprint density at radius 1 is 1.50 bits per heavy atom. The smallest absolute Gasteiger partial charge is 0.0506 e. The molecule has 0 radical (unpaired) electrons. The first kappa shape index (κ1) is 10.8. The van der Waals surface area contributed by atoms with Gasteiger partial charge in [0.05, 0.1) is 6.61 Å². The highest BCUT2D eigenvalue weighted by molar-refractivity contribution is 7.60. The molecule has 0 amide bonds. The van der Waals surface area contributed by atoms with Crippen molar-refractivity contribution in [3.05, 3.63) is 0 Å². The number of hydrogen-bond acceptors (Lipinski definition) is 1. The van der Waals surface area contributed by atoms with Gasteiger partial charge in [0, 0.05) is 14.1 Å². The van der Waals surface area contributed by atoms with Crippen LogP contribution in [0, 0.1) is 0 Å². The molecule has 0 aliphatic heterocycles. The second-order valence-electron chi connectivity index (χ2n) is 2.53. The average molecular weight is 180 g/mol. The van der Waals surface area contributed by atoms with Crippen LogP contribution in [-0.4, -0.2) is 18.2 Å². The Kier molecular flexibility index (Phi) is 7.06. The van der Waals surface area contributed by atoms with Gasteiger partial charge in [-0.25, -0.2) is 0 Å². The number of rotatable bonds is 5. The molecule has 1 nitrogen and oxygen atoms in total. The van der Waals surface area contributed by atoms with Gasteiger partial charge >= 0.3 is 0 Å². The molecule has 0 spiro atoms. The van der Waals surface area contributed by atoms with Crippen LogP contribution in [0.4, 0.5) is 0 Å². The Morgan fingerprint density at radius 2 is 2.10 bits per heavy atom.